The third kappa shape index (κ3) is 5.41. The van der Waals surface area contributed by atoms with Crippen LogP contribution in [0.1, 0.15) is 5.56 Å². The third-order valence-electron chi connectivity index (χ3n) is 5.67. The fourth-order valence-electron chi connectivity index (χ4n) is 3.84. The highest BCUT2D eigenvalue weighted by Gasteiger charge is 2.14. The first-order valence-corrected chi connectivity index (χ1v) is 11.1. The Morgan fingerprint density at radius 2 is 1.58 bits per heavy atom. The van der Waals surface area contributed by atoms with E-state index in [1.807, 2.05) is 12.1 Å². The number of anilines is 2. The summed E-state index contributed by atoms with van der Waals surface area (Å²) in [4.78, 5) is 26.3. The standard InChI is InChI=1S/C27H26FN3O5/c1-34-22-10-4-17-12-18(15-29-21-9-11-24(35-2)25(13-21)36-3)27(33)31(23(17)14-22)16-26(32)30-20-7-5-19(28)6-8-20/h4-14,29H,15-16H2,1-3H3,(H,30,32). The Hall–Kier alpha value is -4.53. The minimum Gasteiger partial charge on any atom is -0.497 e. The van der Waals surface area contributed by atoms with Gasteiger partial charge in [-0.05, 0) is 60.0 Å². The number of methoxy groups -OCH3 is 3. The van der Waals surface area contributed by atoms with Crippen LogP contribution in [0.4, 0.5) is 15.8 Å². The van der Waals surface area contributed by atoms with Gasteiger partial charge in [-0.25, -0.2) is 4.39 Å². The summed E-state index contributed by atoms with van der Waals surface area (Å²) in [6, 6.07) is 17.9. The number of hydrogen-bond donors (Lipinski definition) is 2. The Labute approximate surface area is 207 Å². The zero-order chi connectivity index (χ0) is 25.7. The lowest BCUT2D eigenvalue weighted by atomic mass is 10.1. The average molecular weight is 492 g/mol. The molecule has 8 nitrogen and oxygen atoms in total. The van der Waals surface area contributed by atoms with Gasteiger partial charge in [-0.3, -0.25) is 14.2 Å². The van der Waals surface area contributed by atoms with Crippen molar-refractivity contribution in [1.82, 2.24) is 4.57 Å². The first-order chi connectivity index (χ1) is 17.4. The maximum Gasteiger partial charge on any atom is 0.256 e. The van der Waals surface area contributed by atoms with Crippen LogP contribution >= 0.6 is 0 Å². The predicted octanol–water partition coefficient (Wildman–Crippen LogP) is 4.42. The number of fused-ring (bicyclic) bond motifs is 1. The van der Waals surface area contributed by atoms with Gasteiger partial charge in [-0.15, -0.1) is 0 Å². The molecule has 3 aromatic carbocycles. The zero-order valence-electron chi connectivity index (χ0n) is 20.1. The molecule has 0 radical (unpaired) electrons. The lowest BCUT2D eigenvalue weighted by molar-refractivity contribution is -0.116. The van der Waals surface area contributed by atoms with Crippen molar-refractivity contribution < 1.29 is 23.4 Å². The summed E-state index contributed by atoms with van der Waals surface area (Å²) < 4.78 is 30.5. The van der Waals surface area contributed by atoms with Gasteiger partial charge in [-0.1, -0.05) is 0 Å². The summed E-state index contributed by atoms with van der Waals surface area (Å²) in [6.45, 7) is -0.0139. The van der Waals surface area contributed by atoms with E-state index in [-0.39, 0.29) is 18.6 Å². The fraction of sp³-hybridized carbons (Fsp3) is 0.185. The van der Waals surface area contributed by atoms with Crippen molar-refractivity contribution in [3.63, 3.8) is 0 Å². The van der Waals surface area contributed by atoms with Crippen LogP contribution in [-0.2, 0) is 17.9 Å². The highest BCUT2D eigenvalue weighted by atomic mass is 19.1. The van der Waals surface area contributed by atoms with Crippen LogP contribution in [0.3, 0.4) is 0 Å². The number of carbonyl (C=O) groups is 1. The van der Waals surface area contributed by atoms with Crippen LogP contribution < -0.4 is 30.4 Å². The second kappa shape index (κ2) is 10.8. The van der Waals surface area contributed by atoms with Gasteiger partial charge in [0, 0.05) is 35.6 Å². The number of pyridine rings is 1. The number of nitrogens with one attached hydrogen (secondary N) is 2. The van der Waals surface area contributed by atoms with Crippen LogP contribution in [0.15, 0.2) is 71.5 Å². The number of carbonyl (C=O) groups excluding carboxylic acids is 1. The molecule has 1 aromatic heterocycles. The predicted molar refractivity (Wildman–Crippen MR) is 137 cm³/mol. The molecule has 0 aliphatic heterocycles. The second-order valence-corrected chi connectivity index (χ2v) is 7.96. The molecule has 0 unspecified atom stereocenters. The van der Waals surface area contributed by atoms with Gasteiger partial charge in [0.25, 0.3) is 5.56 Å². The first kappa shape index (κ1) is 24.6. The van der Waals surface area contributed by atoms with Gasteiger partial charge in [0.1, 0.15) is 18.1 Å². The Kier molecular flexibility index (Phi) is 7.39. The normalized spacial score (nSPS) is 10.7. The Bertz CT molecular complexity index is 1450. The molecule has 0 spiro atoms. The molecule has 1 amide bonds. The van der Waals surface area contributed by atoms with E-state index >= 15 is 0 Å². The lowest BCUT2D eigenvalue weighted by Gasteiger charge is -2.15. The van der Waals surface area contributed by atoms with Gasteiger partial charge in [0.2, 0.25) is 5.91 Å². The number of amides is 1. The van der Waals surface area contributed by atoms with Crippen LogP contribution in [0.25, 0.3) is 10.9 Å². The van der Waals surface area contributed by atoms with E-state index in [1.54, 1.807) is 44.6 Å². The summed E-state index contributed by atoms with van der Waals surface area (Å²) in [7, 11) is 4.64. The maximum absolute atomic E-state index is 13.5. The van der Waals surface area contributed by atoms with Crippen LogP contribution in [0.2, 0.25) is 0 Å². The molecule has 36 heavy (non-hydrogen) atoms. The maximum atomic E-state index is 13.5. The molecule has 0 atom stereocenters. The molecular weight excluding hydrogens is 465 g/mol. The molecule has 4 aromatic rings. The van der Waals surface area contributed by atoms with Gasteiger partial charge in [-0.2, -0.15) is 0 Å². The van der Waals surface area contributed by atoms with Crippen molar-refractivity contribution in [2.24, 2.45) is 0 Å². The lowest BCUT2D eigenvalue weighted by Crippen LogP contribution is -2.30. The van der Waals surface area contributed by atoms with Crippen LogP contribution in [-0.4, -0.2) is 31.8 Å². The van der Waals surface area contributed by atoms with Gasteiger partial charge >= 0.3 is 0 Å². The van der Waals surface area contributed by atoms with E-state index < -0.39 is 11.7 Å². The number of ether oxygens (including phenoxy) is 3. The molecule has 2 N–H and O–H groups in total. The SMILES string of the molecule is COc1ccc2cc(CNc3ccc(OC)c(OC)c3)c(=O)n(CC(=O)Nc3ccc(F)cc3)c2c1. The van der Waals surface area contributed by atoms with Crippen molar-refractivity contribution in [2.45, 2.75) is 13.1 Å². The number of aromatic nitrogens is 1. The Balaban J connectivity index is 1.65. The molecule has 0 aliphatic carbocycles. The molecular formula is C27H26FN3O5. The molecule has 0 fully saturated rings. The monoisotopic (exact) mass is 491 g/mol. The van der Waals surface area contributed by atoms with E-state index in [9.17, 15) is 14.0 Å². The van der Waals surface area contributed by atoms with Gasteiger partial charge < -0.3 is 24.8 Å². The van der Waals surface area contributed by atoms with Crippen molar-refractivity contribution >= 4 is 28.2 Å². The minimum absolute atomic E-state index is 0.218. The fourth-order valence-corrected chi connectivity index (χ4v) is 3.84. The Morgan fingerprint density at radius 1 is 0.861 bits per heavy atom. The molecule has 0 saturated heterocycles. The summed E-state index contributed by atoms with van der Waals surface area (Å²) in [5, 5.41) is 6.70. The topological polar surface area (TPSA) is 90.8 Å². The van der Waals surface area contributed by atoms with E-state index in [2.05, 4.69) is 10.6 Å². The smallest absolute Gasteiger partial charge is 0.256 e. The molecule has 4 rings (SSSR count). The number of halogens is 1. The molecule has 186 valence electrons. The molecule has 0 bridgehead atoms. The number of rotatable bonds is 9. The molecule has 1 heterocycles. The summed E-state index contributed by atoms with van der Waals surface area (Å²) in [5.74, 6) is 0.890. The van der Waals surface area contributed by atoms with Crippen LogP contribution in [0.5, 0.6) is 17.2 Å². The summed E-state index contributed by atoms with van der Waals surface area (Å²) >= 11 is 0. The number of nitrogens with zero attached hydrogens (tertiary/aromatic N) is 1. The third-order valence-corrected chi connectivity index (χ3v) is 5.67. The van der Waals surface area contributed by atoms with E-state index in [0.29, 0.717) is 34.0 Å². The van der Waals surface area contributed by atoms with Crippen molar-refractivity contribution in [3.05, 3.63) is 88.5 Å². The first-order valence-electron chi connectivity index (χ1n) is 11.1. The minimum atomic E-state index is -0.419. The van der Waals surface area contributed by atoms with Crippen molar-refractivity contribution in [2.75, 3.05) is 32.0 Å². The highest BCUT2D eigenvalue weighted by Crippen LogP contribution is 2.30. The van der Waals surface area contributed by atoms with Gasteiger partial charge in [0.15, 0.2) is 11.5 Å². The molecule has 0 saturated carbocycles. The van der Waals surface area contributed by atoms with E-state index in [4.69, 9.17) is 14.2 Å². The highest BCUT2D eigenvalue weighted by molar-refractivity contribution is 5.92. The zero-order valence-corrected chi connectivity index (χ0v) is 20.1. The second-order valence-electron chi connectivity index (χ2n) is 7.96. The number of hydrogen-bond acceptors (Lipinski definition) is 6. The number of benzene rings is 3. The summed E-state index contributed by atoms with van der Waals surface area (Å²) in [6.07, 6.45) is 0. The molecule has 9 heteroatoms. The van der Waals surface area contributed by atoms with Gasteiger partial charge in [0.05, 0.1) is 26.8 Å². The van der Waals surface area contributed by atoms with Crippen LogP contribution in [0, 0.1) is 5.82 Å². The Morgan fingerprint density at radius 3 is 2.28 bits per heavy atom. The van der Waals surface area contributed by atoms with Crippen molar-refractivity contribution in [1.29, 1.82) is 0 Å². The average Bonchev–Trinajstić information content (AvgIpc) is 2.90. The largest absolute Gasteiger partial charge is 0.497 e. The van der Waals surface area contributed by atoms with E-state index in [1.165, 1.54) is 35.9 Å². The summed E-state index contributed by atoms with van der Waals surface area (Å²) in [5.41, 5.74) is 1.88. The quantitative estimate of drug-likeness (QED) is 0.360. The van der Waals surface area contributed by atoms with E-state index in [0.717, 1.165) is 11.1 Å². The molecule has 0 aliphatic rings. The van der Waals surface area contributed by atoms with Crippen molar-refractivity contribution in [3.8, 4) is 17.2 Å².